The lowest BCUT2D eigenvalue weighted by Crippen LogP contribution is -2.33. The van der Waals surface area contributed by atoms with Gasteiger partial charge >= 0.3 is 0 Å². The van der Waals surface area contributed by atoms with Crippen LogP contribution in [-0.2, 0) is 0 Å². The first-order chi connectivity index (χ1) is 10.3. The molecule has 0 N–H and O–H groups in total. The molecule has 1 aliphatic rings. The molecule has 106 valence electrons. The van der Waals surface area contributed by atoms with Gasteiger partial charge in [0.1, 0.15) is 0 Å². The zero-order valence-corrected chi connectivity index (χ0v) is 12.0. The third-order valence-corrected chi connectivity index (χ3v) is 3.90. The minimum atomic E-state index is 0.201. The zero-order chi connectivity index (χ0) is 14.5. The molecule has 1 aliphatic heterocycles. The highest BCUT2D eigenvalue weighted by Gasteiger charge is 2.16. The molecule has 0 fully saturated rings. The molecule has 0 atom stereocenters. The van der Waals surface area contributed by atoms with Crippen LogP contribution in [-0.4, -0.2) is 30.3 Å². The van der Waals surface area contributed by atoms with E-state index in [0.717, 1.165) is 25.1 Å². The van der Waals surface area contributed by atoms with E-state index in [1.165, 1.54) is 11.1 Å². The van der Waals surface area contributed by atoms with E-state index >= 15 is 0 Å². The minimum absolute atomic E-state index is 0.201. The Morgan fingerprint density at radius 1 is 0.952 bits per heavy atom. The van der Waals surface area contributed by atoms with Crippen molar-refractivity contribution in [2.75, 3.05) is 19.6 Å². The molecule has 0 bridgehead atoms. The molecule has 2 heteroatoms. The smallest absolute Gasteiger partial charge is 0.176 e. The second-order valence-electron chi connectivity index (χ2n) is 5.37. The van der Waals surface area contributed by atoms with Crippen molar-refractivity contribution < 1.29 is 4.79 Å². The molecule has 0 unspecified atom stereocenters. The Morgan fingerprint density at radius 2 is 1.62 bits per heavy atom. The van der Waals surface area contributed by atoms with Gasteiger partial charge in [0, 0.05) is 18.7 Å². The van der Waals surface area contributed by atoms with Crippen LogP contribution in [0.1, 0.15) is 22.3 Å². The third kappa shape index (κ3) is 3.47. The highest BCUT2D eigenvalue weighted by molar-refractivity contribution is 5.97. The van der Waals surface area contributed by atoms with Gasteiger partial charge in [0.25, 0.3) is 0 Å². The standard InChI is InChI=1S/C19H19NO/c21-19(18-9-5-2-6-10-18)15-20-13-11-17(12-14-20)16-7-3-1-4-8-16/h1-11H,12-15H2. The van der Waals surface area contributed by atoms with E-state index in [2.05, 4.69) is 35.2 Å². The predicted molar refractivity (Wildman–Crippen MR) is 86.2 cm³/mol. The summed E-state index contributed by atoms with van der Waals surface area (Å²) in [6, 6.07) is 20.0. The van der Waals surface area contributed by atoms with Gasteiger partial charge in [-0.25, -0.2) is 0 Å². The Bertz CT molecular complexity index is 631. The average Bonchev–Trinajstić information content (AvgIpc) is 2.57. The van der Waals surface area contributed by atoms with Crippen LogP contribution in [0.5, 0.6) is 0 Å². The number of nitrogens with zero attached hydrogens (tertiary/aromatic N) is 1. The van der Waals surface area contributed by atoms with Gasteiger partial charge in [-0.3, -0.25) is 9.69 Å². The van der Waals surface area contributed by atoms with E-state index in [0.29, 0.717) is 6.54 Å². The quantitative estimate of drug-likeness (QED) is 0.795. The van der Waals surface area contributed by atoms with Crippen molar-refractivity contribution in [2.45, 2.75) is 6.42 Å². The number of hydrogen-bond acceptors (Lipinski definition) is 2. The average molecular weight is 277 g/mol. The van der Waals surface area contributed by atoms with Gasteiger partial charge in [-0.2, -0.15) is 0 Å². The summed E-state index contributed by atoms with van der Waals surface area (Å²) in [7, 11) is 0. The lowest BCUT2D eigenvalue weighted by atomic mass is 9.99. The molecule has 2 aromatic carbocycles. The van der Waals surface area contributed by atoms with Crippen LogP contribution < -0.4 is 0 Å². The van der Waals surface area contributed by atoms with Crippen molar-refractivity contribution in [3.05, 3.63) is 77.9 Å². The van der Waals surface area contributed by atoms with Gasteiger partial charge in [0.05, 0.1) is 6.54 Å². The number of carbonyl (C=O) groups excluding carboxylic acids is 1. The van der Waals surface area contributed by atoms with Crippen LogP contribution in [0.25, 0.3) is 5.57 Å². The molecule has 0 spiro atoms. The molecule has 2 nitrogen and oxygen atoms in total. The highest BCUT2D eigenvalue weighted by atomic mass is 16.1. The first-order valence-electron chi connectivity index (χ1n) is 7.38. The maximum Gasteiger partial charge on any atom is 0.176 e. The molecule has 1 heterocycles. The highest BCUT2D eigenvalue weighted by Crippen LogP contribution is 2.22. The van der Waals surface area contributed by atoms with E-state index in [4.69, 9.17) is 0 Å². The van der Waals surface area contributed by atoms with E-state index in [1.807, 2.05) is 36.4 Å². The SMILES string of the molecule is O=C(CN1CC=C(c2ccccc2)CC1)c1ccccc1. The summed E-state index contributed by atoms with van der Waals surface area (Å²) in [4.78, 5) is 14.4. The maximum atomic E-state index is 12.2. The molecule has 0 aliphatic carbocycles. The first kappa shape index (κ1) is 13.8. The minimum Gasteiger partial charge on any atom is -0.293 e. The monoisotopic (exact) mass is 277 g/mol. The van der Waals surface area contributed by atoms with E-state index in [9.17, 15) is 4.79 Å². The summed E-state index contributed by atoms with van der Waals surface area (Å²) < 4.78 is 0. The van der Waals surface area contributed by atoms with Gasteiger partial charge in [-0.1, -0.05) is 66.7 Å². The molecule has 0 radical (unpaired) electrons. The normalized spacial score (nSPS) is 15.5. The van der Waals surface area contributed by atoms with Crippen molar-refractivity contribution in [3.63, 3.8) is 0 Å². The van der Waals surface area contributed by atoms with Crippen LogP contribution in [0.15, 0.2) is 66.7 Å². The van der Waals surface area contributed by atoms with Gasteiger partial charge in [-0.15, -0.1) is 0 Å². The van der Waals surface area contributed by atoms with E-state index in [-0.39, 0.29) is 5.78 Å². The van der Waals surface area contributed by atoms with Gasteiger partial charge in [-0.05, 0) is 17.6 Å². The molecule has 0 saturated carbocycles. The Morgan fingerprint density at radius 3 is 2.24 bits per heavy atom. The van der Waals surface area contributed by atoms with Crippen LogP contribution in [0.4, 0.5) is 0 Å². The fourth-order valence-corrected chi connectivity index (χ4v) is 2.69. The Labute approximate surface area is 125 Å². The van der Waals surface area contributed by atoms with Crippen molar-refractivity contribution in [3.8, 4) is 0 Å². The fraction of sp³-hybridized carbons (Fsp3) is 0.211. The van der Waals surface area contributed by atoms with Crippen LogP contribution in [0.3, 0.4) is 0 Å². The number of rotatable bonds is 4. The number of carbonyl (C=O) groups is 1. The van der Waals surface area contributed by atoms with Crippen molar-refractivity contribution in [1.82, 2.24) is 4.90 Å². The second-order valence-corrected chi connectivity index (χ2v) is 5.37. The van der Waals surface area contributed by atoms with Crippen molar-refractivity contribution >= 4 is 11.4 Å². The van der Waals surface area contributed by atoms with Gasteiger partial charge < -0.3 is 0 Å². The molecule has 0 saturated heterocycles. The molecular weight excluding hydrogens is 258 g/mol. The van der Waals surface area contributed by atoms with Crippen molar-refractivity contribution in [1.29, 1.82) is 0 Å². The second kappa shape index (κ2) is 6.51. The Kier molecular flexibility index (Phi) is 4.27. The van der Waals surface area contributed by atoms with Gasteiger partial charge in [0.2, 0.25) is 0 Å². The van der Waals surface area contributed by atoms with E-state index < -0.39 is 0 Å². The summed E-state index contributed by atoms with van der Waals surface area (Å²) in [5, 5.41) is 0. The summed E-state index contributed by atoms with van der Waals surface area (Å²) in [6.07, 6.45) is 3.25. The Balaban J connectivity index is 1.61. The summed E-state index contributed by atoms with van der Waals surface area (Å²) in [6.45, 7) is 2.30. The lowest BCUT2D eigenvalue weighted by molar-refractivity contribution is 0.0937. The topological polar surface area (TPSA) is 20.3 Å². The predicted octanol–water partition coefficient (Wildman–Crippen LogP) is 3.66. The first-order valence-corrected chi connectivity index (χ1v) is 7.38. The summed E-state index contributed by atoms with van der Waals surface area (Å²) >= 11 is 0. The van der Waals surface area contributed by atoms with Crippen LogP contribution in [0.2, 0.25) is 0 Å². The molecule has 21 heavy (non-hydrogen) atoms. The number of Topliss-reactive ketones (excluding diaryl/α,β-unsaturated/α-hetero) is 1. The number of hydrogen-bond donors (Lipinski definition) is 0. The lowest BCUT2D eigenvalue weighted by Gasteiger charge is -2.25. The molecular formula is C19H19NO. The number of ketones is 1. The molecule has 0 aromatic heterocycles. The van der Waals surface area contributed by atoms with Crippen LogP contribution in [0, 0.1) is 0 Å². The van der Waals surface area contributed by atoms with Crippen LogP contribution >= 0.6 is 0 Å². The third-order valence-electron chi connectivity index (χ3n) is 3.90. The summed E-state index contributed by atoms with van der Waals surface area (Å²) in [5.74, 6) is 0.201. The largest absolute Gasteiger partial charge is 0.293 e. The number of benzene rings is 2. The maximum absolute atomic E-state index is 12.2. The molecule has 2 aromatic rings. The molecule has 0 amide bonds. The van der Waals surface area contributed by atoms with Crippen molar-refractivity contribution in [2.24, 2.45) is 0 Å². The van der Waals surface area contributed by atoms with E-state index in [1.54, 1.807) is 0 Å². The Hall–Kier alpha value is -2.19. The van der Waals surface area contributed by atoms with Gasteiger partial charge in [0.15, 0.2) is 5.78 Å². The zero-order valence-electron chi connectivity index (χ0n) is 12.0. The molecule has 3 rings (SSSR count). The fourth-order valence-electron chi connectivity index (χ4n) is 2.69. The summed E-state index contributed by atoms with van der Waals surface area (Å²) in [5.41, 5.74) is 3.49.